The van der Waals surface area contributed by atoms with Crippen molar-refractivity contribution in [2.45, 2.75) is 44.8 Å². The highest BCUT2D eigenvalue weighted by Crippen LogP contribution is 2.39. The van der Waals surface area contributed by atoms with Gasteiger partial charge in [-0.3, -0.25) is 4.90 Å². The predicted octanol–water partition coefficient (Wildman–Crippen LogP) is 5.01. The maximum absolute atomic E-state index is 13.5. The molecule has 5 rings (SSSR count). The third-order valence-corrected chi connectivity index (χ3v) is 7.77. The van der Waals surface area contributed by atoms with Crippen molar-refractivity contribution in [1.82, 2.24) is 34.0 Å². The van der Waals surface area contributed by atoms with Crippen molar-refractivity contribution in [1.29, 1.82) is 0 Å². The Hall–Kier alpha value is -2.75. The molecular weight excluding hydrogens is 461 g/mol. The molecule has 0 amide bonds. The SMILES string of the molecule is Cc1cc2c(cnn2-c2ccc(F)cc2)cc1C1C(C)N(Sc2cnn(C)n2)CCN1CC(C)C. The summed E-state index contributed by atoms with van der Waals surface area (Å²) in [7, 11) is 1.85. The van der Waals surface area contributed by atoms with E-state index in [1.165, 1.54) is 23.3 Å². The van der Waals surface area contributed by atoms with Crippen LogP contribution in [0, 0.1) is 18.7 Å². The van der Waals surface area contributed by atoms with Crippen molar-refractivity contribution in [3.63, 3.8) is 0 Å². The van der Waals surface area contributed by atoms with Gasteiger partial charge < -0.3 is 0 Å². The summed E-state index contributed by atoms with van der Waals surface area (Å²) in [5.74, 6) is 0.332. The minimum atomic E-state index is -0.246. The van der Waals surface area contributed by atoms with E-state index in [2.05, 4.69) is 64.3 Å². The van der Waals surface area contributed by atoms with E-state index < -0.39 is 0 Å². The maximum Gasteiger partial charge on any atom is 0.153 e. The van der Waals surface area contributed by atoms with E-state index in [4.69, 9.17) is 0 Å². The number of hydrogen-bond donors (Lipinski definition) is 0. The van der Waals surface area contributed by atoms with Crippen LogP contribution >= 0.6 is 11.9 Å². The van der Waals surface area contributed by atoms with Crippen molar-refractivity contribution < 1.29 is 4.39 Å². The second-order valence-electron chi connectivity index (χ2n) is 9.78. The Morgan fingerprint density at radius 2 is 1.86 bits per heavy atom. The van der Waals surface area contributed by atoms with Crippen LogP contribution in [0.1, 0.15) is 37.9 Å². The number of aromatic nitrogens is 5. The monoisotopic (exact) mass is 493 g/mol. The third kappa shape index (κ3) is 4.85. The standard InChI is InChI=1S/C26H32FN7S/c1-17(2)16-32-10-11-33(35-25-15-28-31(5)30-25)19(4)26(32)23-13-20-14-29-34(24(20)12-18(23)3)22-8-6-21(27)7-9-22/h6-9,12-15,17,19,26H,10-11,16H2,1-5H3. The van der Waals surface area contributed by atoms with E-state index in [1.54, 1.807) is 28.9 Å². The van der Waals surface area contributed by atoms with Crippen LogP contribution < -0.4 is 0 Å². The first-order chi connectivity index (χ1) is 16.8. The maximum atomic E-state index is 13.5. The Labute approximate surface area is 210 Å². The number of benzene rings is 2. The molecule has 2 aromatic heterocycles. The lowest BCUT2D eigenvalue weighted by Gasteiger charge is -2.46. The molecular formula is C26H32FN7S. The average molecular weight is 494 g/mol. The van der Waals surface area contributed by atoms with Crippen LogP contribution in [0.25, 0.3) is 16.6 Å². The Bertz CT molecular complexity index is 1310. The Morgan fingerprint density at radius 3 is 2.54 bits per heavy atom. The molecule has 7 nitrogen and oxygen atoms in total. The molecule has 2 atom stereocenters. The minimum Gasteiger partial charge on any atom is -0.293 e. The summed E-state index contributed by atoms with van der Waals surface area (Å²) in [5.41, 5.74) is 4.45. The van der Waals surface area contributed by atoms with Crippen molar-refractivity contribution in [3.05, 3.63) is 65.7 Å². The molecule has 0 saturated carbocycles. The summed E-state index contributed by atoms with van der Waals surface area (Å²) in [6.07, 6.45) is 3.74. The Kier molecular flexibility index (Phi) is 6.65. The second-order valence-corrected chi connectivity index (χ2v) is 10.8. The highest BCUT2D eigenvalue weighted by Gasteiger charge is 2.37. The van der Waals surface area contributed by atoms with Gasteiger partial charge in [0.1, 0.15) is 5.82 Å². The van der Waals surface area contributed by atoms with Gasteiger partial charge in [0.15, 0.2) is 5.03 Å². The van der Waals surface area contributed by atoms with Crippen LogP contribution in [-0.2, 0) is 7.05 Å². The molecule has 4 aromatic rings. The molecule has 1 aliphatic heterocycles. The zero-order valence-corrected chi connectivity index (χ0v) is 21.7. The summed E-state index contributed by atoms with van der Waals surface area (Å²) in [4.78, 5) is 4.23. The predicted molar refractivity (Wildman–Crippen MR) is 138 cm³/mol. The molecule has 1 fully saturated rings. The third-order valence-electron chi connectivity index (χ3n) is 6.65. The van der Waals surface area contributed by atoms with Gasteiger partial charge in [0, 0.05) is 38.1 Å². The average Bonchev–Trinajstić information content (AvgIpc) is 3.41. The molecule has 0 bridgehead atoms. The second kappa shape index (κ2) is 9.72. The molecule has 9 heteroatoms. The number of halogens is 1. The van der Waals surface area contributed by atoms with E-state index >= 15 is 0 Å². The number of piperazine rings is 1. The minimum absolute atomic E-state index is 0.244. The van der Waals surface area contributed by atoms with Crippen molar-refractivity contribution in [2.75, 3.05) is 19.6 Å². The Morgan fingerprint density at radius 1 is 1.09 bits per heavy atom. The molecule has 1 saturated heterocycles. The molecule has 2 aromatic carbocycles. The van der Waals surface area contributed by atoms with Crippen LogP contribution in [-0.4, -0.2) is 59.7 Å². The zero-order valence-electron chi connectivity index (χ0n) is 20.9. The summed E-state index contributed by atoms with van der Waals surface area (Å²) in [6.45, 7) is 12.1. The molecule has 1 aliphatic rings. The number of fused-ring (bicyclic) bond motifs is 1. The fraction of sp³-hybridized carbons (Fsp3) is 0.423. The lowest BCUT2D eigenvalue weighted by molar-refractivity contribution is 0.0691. The summed E-state index contributed by atoms with van der Waals surface area (Å²) in [6, 6.07) is 11.5. The number of hydrogen-bond acceptors (Lipinski definition) is 6. The first-order valence-corrected chi connectivity index (χ1v) is 12.9. The van der Waals surface area contributed by atoms with E-state index in [0.29, 0.717) is 5.92 Å². The van der Waals surface area contributed by atoms with Crippen LogP contribution in [0.2, 0.25) is 0 Å². The normalized spacial score (nSPS) is 19.7. The van der Waals surface area contributed by atoms with Crippen LogP contribution in [0.5, 0.6) is 0 Å². The molecule has 0 radical (unpaired) electrons. The van der Waals surface area contributed by atoms with Gasteiger partial charge >= 0.3 is 0 Å². The van der Waals surface area contributed by atoms with Crippen LogP contribution in [0.3, 0.4) is 0 Å². The lowest BCUT2D eigenvalue weighted by atomic mass is 9.91. The molecule has 0 aliphatic carbocycles. The van der Waals surface area contributed by atoms with Crippen molar-refractivity contribution in [2.24, 2.45) is 13.0 Å². The number of rotatable bonds is 6. The van der Waals surface area contributed by atoms with Gasteiger partial charge in [-0.1, -0.05) is 13.8 Å². The smallest absolute Gasteiger partial charge is 0.153 e. The van der Waals surface area contributed by atoms with Gasteiger partial charge in [-0.05, 0) is 79.2 Å². The zero-order chi connectivity index (χ0) is 24.7. The fourth-order valence-corrected chi connectivity index (χ4v) is 6.03. The first-order valence-electron chi connectivity index (χ1n) is 12.1. The summed E-state index contributed by atoms with van der Waals surface area (Å²) >= 11 is 1.69. The van der Waals surface area contributed by atoms with Gasteiger partial charge in [-0.25, -0.2) is 13.4 Å². The molecule has 2 unspecified atom stereocenters. The van der Waals surface area contributed by atoms with Gasteiger partial charge in [0.2, 0.25) is 0 Å². The van der Waals surface area contributed by atoms with Crippen molar-refractivity contribution >= 4 is 22.9 Å². The van der Waals surface area contributed by atoms with E-state index in [-0.39, 0.29) is 17.9 Å². The molecule has 0 spiro atoms. The van der Waals surface area contributed by atoms with E-state index in [9.17, 15) is 4.39 Å². The van der Waals surface area contributed by atoms with Crippen LogP contribution in [0.15, 0.2) is 53.8 Å². The van der Waals surface area contributed by atoms with Gasteiger partial charge in [0.05, 0.1) is 29.6 Å². The number of nitrogens with zero attached hydrogens (tertiary/aromatic N) is 7. The van der Waals surface area contributed by atoms with E-state index in [1.807, 2.05) is 24.1 Å². The van der Waals surface area contributed by atoms with E-state index in [0.717, 1.165) is 41.3 Å². The largest absolute Gasteiger partial charge is 0.293 e. The quantitative estimate of drug-likeness (QED) is 0.352. The molecule has 3 heterocycles. The molecule has 184 valence electrons. The molecule has 0 N–H and O–H groups in total. The van der Waals surface area contributed by atoms with Gasteiger partial charge in [0.25, 0.3) is 0 Å². The summed E-state index contributed by atoms with van der Waals surface area (Å²) in [5, 5.41) is 15.4. The lowest BCUT2D eigenvalue weighted by Crippen LogP contribution is -2.52. The van der Waals surface area contributed by atoms with Gasteiger partial charge in [-0.2, -0.15) is 15.0 Å². The molecule has 35 heavy (non-hydrogen) atoms. The Balaban J connectivity index is 1.51. The fourth-order valence-electron chi connectivity index (χ4n) is 5.08. The van der Waals surface area contributed by atoms with Gasteiger partial charge in [-0.15, -0.1) is 5.10 Å². The topological polar surface area (TPSA) is 55.0 Å². The van der Waals surface area contributed by atoms with Crippen LogP contribution in [0.4, 0.5) is 4.39 Å². The summed E-state index contributed by atoms with van der Waals surface area (Å²) < 4.78 is 17.8. The number of aryl methyl sites for hydroxylation is 2. The highest BCUT2D eigenvalue weighted by atomic mass is 32.2. The first kappa shape index (κ1) is 24.0. The van der Waals surface area contributed by atoms with Crippen molar-refractivity contribution in [3.8, 4) is 5.69 Å². The highest BCUT2D eigenvalue weighted by molar-refractivity contribution is 7.97.